The summed E-state index contributed by atoms with van der Waals surface area (Å²) in [6.45, 7) is 5.85. The summed E-state index contributed by atoms with van der Waals surface area (Å²) in [7, 11) is 0. The van der Waals surface area contributed by atoms with Crippen LogP contribution in [0.3, 0.4) is 0 Å². The van der Waals surface area contributed by atoms with Gasteiger partial charge in [-0.15, -0.1) is 0 Å². The Kier molecular flexibility index (Phi) is 1.62. The number of benzene rings is 1. The zero-order chi connectivity index (χ0) is 9.42. The molecule has 66 valence electrons. The average molecular weight is 172 g/mol. The van der Waals surface area contributed by atoms with Gasteiger partial charge in [-0.1, -0.05) is 18.7 Å². The number of nitrogens with one attached hydrogen (secondary N) is 1. The third kappa shape index (κ3) is 1.20. The number of rotatable bonds is 1. The van der Waals surface area contributed by atoms with Crippen LogP contribution >= 0.6 is 0 Å². The lowest BCUT2D eigenvalue weighted by Gasteiger charge is -1.94. The van der Waals surface area contributed by atoms with E-state index in [4.69, 9.17) is 5.73 Å². The summed E-state index contributed by atoms with van der Waals surface area (Å²) in [5, 5.41) is 1.14. The molecular formula is C11H12N2. The smallest absolute Gasteiger partial charge is 0.0692 e. The van der Waals surface area contributed by atoms with E-state index in [1.165, 1.54) is 0 Å². The standard InChI is InChI=1S/C11H12N2/c1-7(2)10-6-8-4-3-5-9(12)11(8)13-10/h3-6,13H,1,12H2,2H3. The largest absolute Gasteiger partial charge is 0.397 e. The molecule has 0 aliphatic rings. The Morgan fingerprint density at radius 2 is 2.23 bits per heavy atom. The van der Waals surface area contributed by atoms with E-state index in [0.29, 0.717) is 0 Å². The summed E-state index contributed by atoms with van der Waals surface area (Å²) < 4.78 is 0. The highest BCUT2D eigenvalue weighted by atomic mass is 14.7. The Balaban J connectivity index is 2.75. The first-order chi connectivity index (χ1) is 6.18. The maximum Gasteiger partial charge on any atom is 0.0692 e. The lowest BCUT2D eigenvalue weighted by molar-refractivity contribution is 1.39. The fourth-order valence-electron chi connectivity index (χ4n) is 1.41. The van der Waals surface area contributed by atoms with E-state index >= 15 is 0 Å². The molecular weight excluding hydrogens is 160 g/mol. The molecule has 0 aliphatic heterocycles. The van der Waals surface area contributed by atoms with E-state index in [2.05, 4.69) is 17.6 Å². The Hall–Kier alpha value is -1.70. The minimum atomic E-state index is 0.782. The van der Waals surface area contributed by atoms with Crippen LogP contribution in [0.1, 0.15) is 12.6 Å². The normalized spacial score (nSPS) is 10.5. The second kappa shape index (κ2) is 2.66. The van der Waals surface area contributed by atoms with Crippen LogP contribution in [-0.4, -0.2) is 4.98 Å². The molecule has 0 bridgehead atoms. The quantitative estimate of drug-likeness (QED) is 0.638. The Labute approximate surface area is 77.1 Å². The van der Waals surface area contributed by atoms with Crippen LogP contribution in [0.25, 0.3) is 16.5 Å². The van der Waals surface area contributed by atoms with Gasteiger partial charge in [0.05, 0.1) is 11.2 Å². The molecule has 0 fully saturated rings. The SMILES string of the molecule is C=C(C)c1cc2cccc(N)c2[nH]1. The van der Waals surface area contributed by atoms with Crippen molar-refractivity contribution in [2.75, 3.05) is 5.73 Å². The van der Waals surface area contributed by atoms with Gasteiger partial charge in [0.2, 0.25) is 0 Å². The molecule has 2 nitrogen and oxygen atoms in total. The summed E-state index contributed by atoms with van der Waals surface area (Å²) in [5.41, 5.74) is 9.66. The molecule has 0 saturated heterocycles. The monoisotopic (exact) mass is 172 g/mol. The molecule has 13 heavy (non-hydrogen) atoms. The first-order valence-corrected chi connectivity index (χ1v) is 4.21. The minimum Gasteiger partial charge on any atom is -0.397 e. The molecule has 3 N–H and O–H groups in total. The molecule has 0 atom stereocenters. The van der Waals surface area contributed by atoms with Crippen molar-refractivity contribution in [1.82, 2.24) is 4.98 Å². The number of H-pyrrole nitrogens is 1. The van der Waals surface area contributed by atoms with Crippen LogP contribution in [-0.2, 0) is 0 Å². The number of aromatic amines is 1. The number of hydrogen-bond donors (Lipinski definition) is 2. The van der Waals surface area contributed by atoms with Gasteiger partial charge in [-0.2, -0.15) is 0 Å². The predicted molar refractivity (Wildman–Crippen MR) is 57.4 cm³/mol. The van der Waals surface area contributed by atoms with Crippen molar-refractivity contribution in [3.8, 4) is 0 Å². The lowest BCUT2D eigenvalue weighted by atomic mass is 10.2. The van der Waals surface area contributed by atoms with Crippen LogP contribution in [0.4, 0.5) is 5.69 Å². The Bertz CT molecular complexity index is 466. The minimum absolute atomic E-state index is 0.782. The van der Waals surface area contributed by atoms with Gasteiger partial charge in [0.1, 0.15) is 0 Å². The molecule has 1 aromatic carbocycles. The van der Waals surface area contributed by atoms with Crippen molar-refractivity contribution in [3.05, 3.63) is 36.5 Å². The van der Waals surface area contributed by atoms with Crippen LogP contribution in [0.2, 0.25) is 0 Å². The molecule has 1 heterocycles. The summed E-state index contributed by atoms with van der Waals surface area (Å²) >= 11 is 0. The van der Waals surface area contributed by atoms with Gasteiger partial charge in [0.25, 0.3) is 0 Å². The third-order valence-corrected chi connectivity index (χ3v) is 2.15. The first-order valence-electron chi connectivity index (χ1n) is 4.21. The number of hydrogen-bond acceptors (Lipinski definition) is 1. The van der Waals surface area contributed by atoms with Crippen molar-refractivity contribution >= 4 is 22.2 Å². The number of aromatic nitrogens is 1. The average Bonchev–Trinajstić information content (AvgIpc) is 2.49. The summed E-state index contributed by atoms with van der Waals surface area (Å²) in [6, 6.07) is 7.94. The van der Waals surface area contributed by atoms with Crippen molar-refractivity contribution in [2.24, 2.45) is 0 Å². The molecule has 0 aliphatic carbocycles. The molecule has 0 saturated carbocycles. The molecule has 0 amide bonds. The van der Waals surface area contributed by atoms with E-state index in [0.717, 1.165) is 27.9 Å². The first kappa shape index (κ1) is 7.92. The molecule has 1 aromatic heterocycles. The van der Waals surface area contributed by atoms with E-state index in [1.54, 1.807) is 0 Å². The zero-order valence-electron chi connectivity index (χ0n) is 7.59. The second-order valence-corrected chi connectivity index (χ2v) is 3.27. The maximum atomic E-state index is 5.81. The molecule has 2 rings (SSSR count). The highest BCUT2D eigenvalue weighted by molar-refractivity contribution is 5.92. The van der Waals surface area contributed by atoms with Gasteiger partial charge in [-0.25, -0.2) is 0 Å². The number of nitrogens with two attached hydrogens (primary N) is 1. The summed E-state index contributed by atoms with van der Waals surface area (Å²) in [6.07, 6.45) is 0. The zero-order valence-corrected chi connectivity index (χ0v) is 7.59. The van der Waals surface area contributed by atoms with E-state index in [-0.39, 0.29) is 0 Å². The molecule has 0 radical (unpaired) electrons. The molecule has 0 spiro atoms. The topological polar surface area (TPSA) is 41.8 Å². The van der Waals surface area contributed by atoms with Crippen LogP contribution in [0, 0.1) is 0 Å². The van der Waals surface area contributed by atoms with Crippen LogP contribution in [0.5, 0.6) is 0 Å². The third-order valence-electron chi connectivity index (χ3n) is 2.15. The molecule has 0 unspecified atom stereocenters. The summed E-state index contributed by atoms with van der Waals surface area (Å²) in [5.74, 6) is 0. The van der Waals surface area contributed by atoms with Crippen LogP contribution in [0.15, 0.2) is 30.8 Å². The number of anilines is 1. The fourth-order valence-corrected chi connectivity index (χ4v) is 1.41. The fraction of sp³-hybridized carbons (Fsp3) is 0.0909. The van der Waals surface area contributed by atoms with Crippen molar-refractivity contribution in [2.45, 2.75) is 6.92 Å². The highest BCUT2D eigenvalue weighted by Crippen LogP contribution is 2.23. The Morgan fingerprint density at radius 3 is 2.85 bits per heavy atom. The predicted octanol–water partition coefficient (Wildman–Crippen LogP) is 2.78. The van der Waals surface area contributed by atoms with E-state index in [9.17, 15) is 0 Å². The lowest BCUT2D eigenvalue weighted by Crippen LogP contribution is -1.85. The van der Waals surface area contributed by atoms with Gasteiger partial charge < -0.3 is 10.7 Å². The van der Waals surface area contributed by atoms with Crippen LogP contribution < -0.4 is 5.73 Å². The number of allylic oxidation sites excluding steroid dienone is 1. The highest BCUT2D eigenvalue weighted by Gasteiger charge is 2.02. The van der Waals surface area contributed by atoms with E-state index in [1.807, 2.05) is 25.1 Å². The molecule has 2 heteroatoms. The van der Waals surface area contributed by atoms with E-state index < -0.39 is 0 Å². The maximum absolute atomic E-state index is 5.81. The van der Waals surface area contributed by atoms with Gasteiger partial charge in [-0.05, 0) is 24.6 Å². The summed E-state index contributed by atoms with van der Waals surface area (Å²) in [4.78, 5) is 3.24. The Morgan fingerprint density at radius 1 is 1.46 bits per heavy atom. The number of fused-ring (bicyclic) bond motifs is 1. The van der Waals surface area contributed by atoms with Gasteiger partial charge >= 0.3 is 0 Å². The van der Waals surface area contributed by atoms with Crippen molar-refractivity contribution < 1.29 is 0 Å². The second-order valence-electron chi connectivity index (χ2n) is 3.27. The van der Waals surface area contributed by atoms with Crippen molar-refractivity contribution in [1.29, 1.82) is 0 Å². The molecule has 2 aromatic rings. The number of nitrogen functional groups attached to an aromatic ring is 1. The van der Waals surface area contributed by atoms with Gasteiger partial charge in [0, 0.05) is 11.1 Å². The van der Waals surface area contributed by atoms with Gasteiger partial charge in [0.15, 0.2) is 0 Å². The number of para-hydroxylation sites is 1. The van der Waals surface area contributed by atoms with Crippen molar-refractivity contribution in [3.63, 3.8) is 0 Å². The van der Waals surface area contributed by atoms with Gasteiger partial charge in [-0.3, -0.25) is 0 Å².